The Morgan fingerprint density at radius 2 is 1.86 bits per heavy atom. The molecule has 0 unspecified atom stereocenters. The van der Waals surface area contributed by atoms with Gasteiger partial charge in [0.25, 0.3) is 10.0 Å². The van der Waals surface area contributed by atoms with Crippen molar-refractivity contribution in [3.8, 4) is 0 Å². The first-order valence-corrected chi connectivity index (χ1v) is 9.21. The molecular weight excluding hydrogens is 310 g/mol. The van der Waals surface area contributed by atoms with Crippen molar-refractivity contribution in [1.82, 2.24) is 4.31 Å². The van der Waals surface area contributed by atoms with Crippen LogP contribution in [-0.4, -0.2) is 36.9 Å². The number of nitrogens with zero attached hydrogens (tertiary/aromatic N) is 1. The van der Waals surface area contributed by atoms with E-state index in [2.05, 4.69) is 0 Å². The smallest absolute Gasteiger partial charge is 0.306 e. The second-order valence-corrected chi connectivity index (χ2v) is 9.63. The van der Waals surface area contributed by atoms with Gasteiger partial charge in [-0.15, -0.1) is 11.3 Å². The topological polar surface area (TPSA) is 74.7 Å². The maximum atomic E-state index is 12.6. The van der Waals surface area contributed by atoms with Crippen molar-refractivity contribution in [2.45, 2.75) is 43.2 Å². The molecule has 1 N–H and O–H groups in total. The summed E-state index contributed by atoms with van der Waals surface area (Å²) in [5, 5.41) is 8.97. The number of aliphatic carboxylic acids is 1. The lowest BCUT2D eigenvalue weighted by molar-refractivity contribution is -0.142. The summed E-state index contributed by atoms with van der Waals surface area (Å²) in [5.74, 6) is -1.26. The summed E-state index contributed by atoms with van der Waals surface area (Å²) in [5.41, 5.74) is -0.0747. The lowest BCUT2D eigenvalue weighted by Gasteiger charge is -2.28. The van der Waals surface area contributed by atoms with E-state index >= 15 is 0 Å². The van der Waals surface area contributed by atoms with Crippen LogP contribution in [0.1, 0.15) is 38.5 Å². The summed E-state index contributed by atoms with van der Waals surface area (Å²) in [4.78, 5) is 12.0. The Hall–Kier alpha value is -0.920. The number of thiophene rings is 1. The second-order valence-electron chi connectivity index (χ2n) is 6.39. The fourth-order valence-corrected chi connectivity index (χ4v) is 5.32. The highest BCUT2D eigenvalue weighted by Crippen LogP contribution is 2.34. The Balaban J connectivity index is 2.16. The van der Waals surface area contributed by atoms with Gasteiger partial charge < -0.3 is 5.11 Å². The van der Waals surface area contributed by atoms with E-state index < -0.39 is 21.9 Å². The number of rotatable bonds is 3. The number of piperidine rings is 1. The van der Waals surface area contributed by atoms with Crippen molar-refractivity contribution < 1.29 is 18.3 Å². The lowest BCUT2D eigenvalue weighted by Crippen LogP contribution is -2.39. The molecule has 0 saturated carbocycles. The van der Waals surface area contributed by atoms with E-state index in [1.54, 1.807) is 6.07 Å². The van der Waals surface area contributed by atoms with Gasteiger partial charge in [-0.2, -0.15) is 4.31 Å². The SMILES string of the molecule is CC(C)(C)c1ccc(S(=O)(=O)N2CCC(C(=O)O)CC2)s1. The third kappa shape index (κ3) is 3.46. The minimum absolute atomic E-state index is 0.0747. The third-order valence-electron chi connectivity index (χ3n) is 3.72. The van der Waals surface area contributed by atoms with Crippen LogP contribution in [0.5, 0.6) is 0 Å². The van der Waals surface area contributed by atoms with Crippen LogP contribution in [0, 0.1) is 5.92 Å². The molecule has 118 valence electrons. The van der Waals surface area contributed by atoms with E-state index in [1.807, 2.05) is 26.8 Å². The van der Waals surface area contributed by atoms with Crippen LogP contribution < -0.4 is 0 Å². The molecule has 0 atom stereocenters. The highest BCUT2D eigenvalue weighted by Gasteiger charge is 2.33. The maximum Gasteiger partial charge on any atom is 0.306 e. The predicted octanol–water partition coefficient (Wildman–Crippen LogP) is 2.53. The van der Waals surface area contributed by atoms with Crippen LogP contribution in [0.15, 0.2) is 16.3 Å². The number of carboxylic acid groups (broad SMARTS) is 1. The van der Waals surface area contributed by atoms with Gasteiger partial charge in [-0.05, 0) is 30.4 Å². The summed E-state index contributed by atoms with van der Waals surface area (Å²) in [7, 11) is -3.49. The van der Waals surface area contributed by atoms with Gasteiger partial charge in [0.05, 0.1) is 5.92 Å². The Kier molecular flexibility index (Phi) is 4.46. The Bertz CT molecular complexity index is 620. The van der Waals surface area contributed by atoms with Crippen LogP contribution in [0.2, 0.25) is 0 Å². The average molecular weight is 331 g/mol. The number of hydrogen-bond acceptors (Lipinski definition) is 4. The number of carboxylic acids is 1. The third-order valence-corrected chi connectivity index (χ3v) is 7.59. The molecule has 0 bridgehead atoms. The van der Waals surface area contributed by atoms with E-state index in [4.69, 9.17) is 5.11 Å². The van der Waals surface area contributed by atoms with Gasteiger partial charge in [0.1, 0.15) is 4.21 Å². The lowest BCUT2D eigenvalue weighted by atomic mass is 9.95. The first-order chi connectivity index (χ1) is 9.62. The predicted molar refractivity (Wildman–Crippen MR) is 82.1 cm³/mol. The van der Waals surface area contributed by atoms with Gasteiger partial charge in [-0.1, -0.05) is 20.8 Å². The average Bonchev–Trinajstić information content (AvgIpc) is 2.89. The van der Waals surface area contributed by atoms with E-state index in [1.165, 1.54) is 15.6 Å². The minimum atomic E-state index is -3.49. The summed E-state index contributed by atoms with van der Waals surface area (Å²) < 4.78 is 26.9. The molecule has 5 nitrogen and oxygen atoms in total. The van der Waals surface area contributed by atoms with E-state index in [0.717, 1.165) is 4.88 Å². The summed E-state index contributed by atoms with van der Waals surface area (Å²) >= 11 is 1.30. The Morgan fingerprint density at radius 3 is 2.29 bits per heavy atom. The molecule has 1 aromatic rings. The van der Waals surface area contributed by atoms with Crippen molar-refractivity contribution in [2.24, 2.45) is 5.92 Å². The molecular formula is C14H21NO4S2. The van der Waals surface area contributed by atoms with Gasteiger partial charge in [-0.25, -0.2) is 8.42 Å². The normalized spacial score (nSPS) is 18.8. The maximum absolute atomic E-state index is 12.6. The minimum Gasteiger partial charge on any atom is -0.481 e. The van der Waals surface area contributed by atoms with Crippen LogP contribution in [0.3, 0.4) is 0 Å². The number of carbonyl (C=O) groups is 1. The van der Waals surface area contributed by atoms with Crippen LogP contribution in [-0.2, 0) is 20.2 Å². The zero-order chi connectivity index (χ0) is 15.8. The van der Waals surface area contributed by atoms with E-state index in [9.17, 15) is 13.2 Å². The zero-order valence-corrected chi connectivity index (χ0v) is 14.1. The van der Waals surface area contributed by atoms with Crippen LogP contribution >= 0.6 is 11.3 Å². The highest BCUT2D eigenvalue weighted by molar-refractivity contribution is 7.91. The fraction of sp³-hybridized carbons (Fsp3) is 0.643. The number of sulfonamides is 1. The molecule has 1 aliphatic heterocycles. The molecule has 2 heterocycles. The van der Waals surface area contributed by atoms with Crippen LogP contribution in [0.25, 0.3) is 0 Å². The van der Waals surface area contributed by atoms with E-state index in [-0.39, 0.29) is 18.5 Å². The van der Waals surface area contributed by atoms with E-state index in [0.29, 0.717) is 17.1 Å². The van der Waals surface area contributed by atoms with Crippen LogP contribution in [0.4, 0.5) is 0 Å². The highest BCUT2D eigenvalue weighted by atomic mass is 32.2. The molecule has 2 rings (SSSR count). The zero-order valence-electron chi connectivity index (χ0n) is 12.5. The molecule has 0 aromatic carbocycles. The molecule has 0 spiro atoms. The quantitative estimate of drug-likeness (QED) is 0.923. The second kappa shape index (κ2) is 5.70. The fourth-order valence-electron chi connectivity index (χ4n) is 2.33. The molecule has 0 radical (unpaired) electrons. The molecule has 1 saturated heterocycles. The molecule has 21 heavy (non-hydrogen) atoms. The van der Waals surface area contributed by atoms with Crippen molar-refractivity contribution in [2.75, 3.05) is 13.1 Å². The summed E-state index contributed by atoms with van der Waals surface area (Å²) in [6.07, 6.45) is 0.762. The van der Waals surface area contributed by atoms with Crippen molar-refractivity contribution >= 4 is 27.3 Å². The standard InChI is InChI=1S/C14H21NO4S2/c1-14(2,3)11-4-5-12(20-11)21(18,19)15-8-6-10(7-9-15)13(16)17/h4-5,10H,6-9H2,1-3H3,(H,16,17). The van der Waals surface area contributed by atoms with Gasteiger partial charge in [0.15, 0.2) is 0 Å². The largest absolute Gasteiger partial charge is 0.481 e. The molecule has 7 heteroatoms. The summed E-state index contributed by atoms with van der Waals surface area (Å²) in [6, 6.07) is 3.52. The van der Waals surface area contributed by atoms with Crippen molar-refractivity contribution in [3.63, 3.8) is 0 Å². The molecule has 0 aliphatic carbocycles. The first kappa shape index (κ1) is 16.5. The number of hydrogen-bond donors (Lipinski definition) is 1. The van der Waals surface area contributed by atoms with Gasteiger partial charge in [0, 0.05) is 18.0 Å². The molecule has 1 aliphatic rings. The molecule has 1 fully saturated rings. The Labute approximate surface area is 129 Å². The summed E-state index contributed by atoms with van der Waals surface area (Å²) in [6.45, 7) is 6.71. The first-order valence-electron chi connectivity index (χ1n) is 6.95. The molecule has 1 aromatic heterocycles. The van der Waals surface area contributed by atoms with Crippen molar-refractivity contribution in [1.29, 1.82) is 0 Å². The monoisotopic (exact) mass is 331 g/mol. The molecule has 0 amide bonds. The van der Waals surface area contributed by atoms with Gasteiger partial charge in [-0.3, -0.25) is 4.79 Å². The Morgan fingerprint density at radius 1 is 1.29 bits per heavy atom. The van der Waals surface area contributed by atoms with Crippen molar-refractivity contribution in [3.05, 3.63) is 17.0 Å². The van der Waals surface area contributed by atoms with Gasteiger partial charge >= 0.3 is 5.97 Å². The van der Waals surface area contributed by atoms with Gasteiger partial charge in [0.2, 0.25) is 0 Å².